The molecule has 0 bridgehead atoms. The molecular formula is C14H17Cl2NO2. The van der Waals surface area contributed by atoms with Crippen molar-refractivity contribution < 1.29 is 9.53 Å². The number of rotatable bonds is 5. The molecule has 1 aromatic rings. The van der Waals surface area contributed by atoms with Crippen molar-refractivity contribution in [2.24, 2.45) is 5.41 Å². The number of halogens is 2. The highest BCUT2D eigenvalue weighted by Gasteiger charge is 2.67. The quantitative estimate of drug-likeness (QED) is 0.848. The van der Waals surface area contributed by atoms with Crippen LogP contribution in [0.3, 0.4) is 0 Å². The van der Waals surface area contributed by atoms with E-state index in [0.29, 0.717) is 19.6 Å². The number of amides is 1. The Morgan fingerprint density at radius 1 is 1.47 bits per heavy atom. The third-order valence-electron chi connectivity index (χ3n) is 3.42. The first kappa shape index (κ1) is 14.5. The molecule has 1 saturated carbocycles. The van der Waals surface area contributed by atoms with Crippen molar-refractivity contribution >= 4 is 29.1 Å². The maximum Gasteiger partial charge on any atom is 0.229 e. The van der Waals surface area contributed by atoms with Crippen LogP contribution in [0.25, 0.3) is 0 Å². The van der Waals surface area contributed by atoms with Crippen LogP contribution in [-0.2, 0) is 11.3 Å². The zero-order valence-corrected chi connectivity index (χ0v) is 12.5. The first-order valence-corrected chi connectivity index (χ1v) is 7.02. The van der Waals surface area contributed by atoms with Gasteiger partial charge in [0.15, 0.2) is 0 Å². The standard InChI is InChI=1S/C14H17Cl2NO2/c1-3-19-11-6-4-5-10(7-11)8-17-12(18)13(2)9-14(13,15)16/h4-7H,3,8-9H2,1-2H3,(H,17,18)/t13-/m1/s1. The maximum atomic E-state index is 12.0. The molecule has 1 aliphatic carbocycles. The second kappa shape index (κ2) is 5.22. The molecule has 1 fully saturated rings. The molecule has 0 aliphatic heterocycles. The zero-order chi connectivity index (χ0) is 14.1. The van der Waals surface area contributed by atoms with Crippen molar-refractivity contribution in [1.82, 2.24) is 5.32 Å². The van der Waals surface area contributed by atoms with Gasteiger partial charge in [-0.15, -0.1) is 23.2 Å². The van der Waals surface area contributed by atoms with Crippen molar-refractivity contribution in [3.8, 4) is 5.75 Å². The second-order valence-electron chi connectivity index (χ2n) is 4.98. The fraction of sp³-hybridized carbons (Fsp3) is 0.500. The number of hydrogen-bond acceptors (Lipinski definition) is 2. The highest BCUT2D eigenvalue weighted by Crippen LogP contribution is 2.63. The Balaban J connectivity index is 1.92. The van der Waals surface area contributed by atoms with E-state index < -0.39 is 9.75 Å². The van der Waals surface area contributed by atoms with E-state index in [1.54, 1.807) is 6.92 Å². The number of benzene rings is 1. The average Bonchev–Trinajstić information content (AvgIpc) is 2.88. The topological polar surface area (TPSA) is 38.3 Å². The van der Waals surface area contributed by atoms with Crippen molar-refractivity contribution in [2.75, 3.05) is 6.61 Å². The normalized spacial score (nSPS) is 23.8. The monoisotopic (exact) mass is 301 g/mol. The second-order valence-corrected chi connectivity index (χ2v) is 6.46. The molecule has 0 saturated heterocycles. The highest BCUT2D eigenvalue weighted by atomic mass is 35.5. The molecule has 1 aliphatic rings. The molecule has 3 nitrogen and oxygen atoms in total. The third kappa shape index (κ3) is 2.98. The summed E-state index contributed by atoms with van der Waals surface area (Å²) in [5, 5.41) is 2.86. The van der Waals surface area contributed by atoms with E-state index in [9.17, 15) is 4.79 Å². The summed E-state index contributed by atoms with van der Waals surface area (Å²) in [4.78, 5) is 12.0. The van der Waals surface area contributed by atoms with Gasteiger partial charge in [0.05, 0.1) is 12.0 Å². The third-order valence-corrected chi connectivity index (χ3v) is 4.52. The lowest BCUT2D eigenvalue weighted by molar-refractivity contribution is -0.125. The van der Waals surface area contributed by atoms with E-state index in [4.69, 9.17) is 27.9 Å². The summed E-state index contributed by atoms with van der Waals surface area (Å²) in [6, 6.07) is 7.64. The minimum absolute atomic E-state index is 0.112. The molecule has 0 radical (unpaired) electrons. The minimum atomic E-state index is -0.926. The van der Waals surface area contributed by atoms with E-state index in [-0.39, 0.29) is 5.91 Å². The van der Waals surface area contributed by atoms with E-state index in [2.05, 4.69) is 5.32 Å². The van der Waals surface area contributed by atoms with Gasteiger partial charge in [-0.1, -0.05) is 12.1 Å². The molecule has 19 heavy (non-hydrogen) atoms. The van der Waals surface area contributed by atoms with Gasteiger partial charge in [-0.2, -0.15) is 0 Å². The minimum Gasteiger partial charge on any atom is -0.494 e. The van der Waals surface area contributed by atoms with Gasteiger partial charge < -0.3 is 10.1 Å². The molecule has 0 aromatic heterocycles. The van der Waals surface area contributed by atoms with Crippen LogP contribution in [0.5, 0.6) is 5.75 Å². The Labute approximate surface area is 123 Å². The number of carbonyl (C=O) groups excluding carboxylic acids is 1. The molecule has 1 atom stereocenters. The van der Waals surface area contributed by atoms with Crippen molar-refractivity contribution in [2.45, 2.75) is 31.1 Å². The van der Waals surface area contributed by atoms with Gasteiger partial charge in [0, 0.05) is 6.54 Å². The smallest absolute Gasteiger partial charge is 0.229 e. The summed E-state index contributed by atoms with van der Waals surface area (Å²) in [5.41, 5.74) is 0.312. The summed E-state index contributed by atoms with van der Waals surface area (Å²) in [7, 11) is 0. The van der Waals surface area contributed by atoms with Crippen molar-refractivity contribution in [3.05, 3.63) is 29.8 Å². The lowest BCUT2D eigenvalue weighted by Gasteiger charge is -2.13. The first-order valence-electron chi connectivity index (χ1n) is 6.27. The van der Waals surface area contributed by atoms with Crippen LogP contribution in [0.4, 0.5) is 0 Å². The molecule has 2 rings (SSSR count). The summed E-state index contributed by atoms with van der Waals surface area (Å²) in [5.74, 6) is 0.690. The highest BCUT2D eigenvalue weighted by molar-refractivity contribution is 6.53. The van der Waals surface area contributed by atoms with Crippen LogP contribution in [0.2, 0.25) is 0 Å². The van der Waals surface area contributed by atoms with Gasteiger partial charge >= 0.3 is 0 Å². The summed E-state index contributed by atoms with van der Waals surface area (Å²) >= 11 is 12.0. The van der Waals surface area contributed by atoms with E-state index in [0.717, 1.165) is 11.3 Å². The lowest BCUT2D eigenvalue weighted by Crippen LogP contribution is -2.32. The summed E-state index contributed by atoms with van der Waals surface area (Å²) in [6.07, 6.45) is 0.494. The van der Waals surface area contributed by atoms with Crippen LogP contribution in [0.15, 0.2) is 24.3 Å². The number of ether oxygens (including phenoxy) is 1. The van der Waals surface area contributed by atoms with E-state index in [1.807, 2.05) is 31.2 Å². The zero-order valence-electron chi connectivity index (χ0n) is 11.0. The largest absolute Gasteiger partial charge is 0.494 e. The lowest BCUT2D eigenvalue weighted by atomic mass is 10.1. The molecule has 5 heteroatoms. The van der Waals surface area contributed by atoms with Crippen LogP contribution >= 0.6 is 23.2 Å². The van der Waals surface area contributed by atoms with Crippen LogP contribution < -0.4 is 10.1 Å². The number of alkyl halides is 2. The first-order chi connectivity index (χ1) is 8.89. The Kier molecular flexibility index (Phi) is 3.98. The molecule has 1 N–H and O–H groups in total. The van der Waals surface area contributed by atoms with Gasteiger partial charge in [0.1, 0.15) is 10.1 Å². The predicted molar refractivity (Wildman–Crippen MR) is 76.6 cm³/mol. The summed E-state index contributed by atoms with van der Waals surface area (Å²) in [6.45, 7) is 4.77. The fourth-order valence-corrected chi connectivity index (χ4v) is 2.64. The van der Waals surface area contributed by atoms with Gasteiger partial charge in [-0.25, -0.2) is 0 Å². The van der Waals surface area contributed by atoms with E-state index in [1.165, 1.54) is 0 Å². The number of hydrogen-bond donors (Lipinski definition) is 1. The van der Waals surface area contributed by atoms with Gasteiger partial charge in [0.25, 0.3) is 0 Å². The Morgan fingerprint density at radius 2 is 2.16 bits per heavy atom. The molecule has 1 aromatic carbocycles. The van der Waals surface area contributed by atoms with Crippen LogP contribution in [0, 0.1) is 5.41 Å². The Morgan fingerprint density at radius 3 is 2.74 bits per heavy atom. The average molecular weight is 302 g/mol. The molecule has 0 spiro atoms. The number of nitrogens with one attached hydrogen (secondary N) is 1. The molecule has 1 amide bonds. The van der Waals surface area contributed by atoms with Gasteiger partial charge in [0.2, 0.25) is 5.91 Å². The van der Waals surface area contributed by atoms with Crippen LogP contribution in [-0.4, -0.2) is 16.8 Å². The fourth-order valence-electron chi connectivity index (χ4n) is 1.94. The van der Waals surface area contributed by atoms with Crippen LogP contribution in [0.1, 0.15) is 25.8 Å². The van der Waals surface area contributed by atoms with E-state index >= 15 is 0 Å². The van der Waals surface area contributed by atoms with Crippen molar-refractivity contribution in [1.29, 1.82) is 0 Å². The summed E-state index contributed by atoms with van der Waals surface area (Å²) < 4.78 is 4.48. The number of carbonyl (C=O) groups is 1. The molecular weight excluding hydrogens is 285 g/mol. The Hall–Kier alpha value is -0.930. The molecule has 0 unspecified atom stereocenters. The predicted octanol–water partition coefficient (Wildman–Crippen LogP) is 3.29. The van der Waals surface area contributed by atoms with Gasteiger partial charge in [-0.3, -0.25) is 4.79 Å². The Bertz CT molecular complexity index is 490. The van der Waals surface area contributed by atoms with Gasteiger partial charge in [-0.05, 0) is 38.0 Å². The molecule has 0 heterocycles. The van der Waals surface area contributed by atoms with Crippen molar-refractivity contribution in [3.63, 3.8) is 0 Å². The SMILES string of the molecule is CCOc1cccc(CNC(=O)[C@@]2(C)CC2(Cl)Cl)c1. The maximum absolute atomic E-state index is 12.0. The molecule has 104 valence electrons.